The molecule has 0 bridgehead atoms. The van der Waals surface area contributed by atoms with Gasteiger partial charge in [0.05, 0.1) is 6.61 Å². The highest BCUT2D eigenvalue weighted by molar-refractivity contribution is 5.75. The Balaban J connectivity index is 2.54. The maximum atomic E-state index is 10.8. The number of nitrogens with zero attached hydrogens (tertiary/aromatic N) is 2. The van der Waals surface area contributed by atoms with Crippen LogP contribution in [0.3, 0.4) is 0 Å². The van der Waals surface area contributed by atoms with E-state index in [4.69, 9.17) is 4.74 Å². The topological polar surface area (TPSA) is 44.1 Å². The van der Waals surface area contributed by atoms with E-state index in [-0.39, 0.29) is 5.91 Å². The monoisotopic (exact) mass is 182 g/mol. The zero-order valence-electron chi connectivity index (χ0n) is 8.15. The van der Waals surface area contributed by atoms with Crippen molar-refractivity contribution in [3.63, 3.8) is 0 Å². The van der Waals surface area contributed by atoms with E-state index in [1.807, 2.05) is 0 Å². The molecule has 1 aromatic rings. The molecular formula is C9H14N2O2. The predicted molar refractivity (Wildman–Crippen MR) is 48.9 cm³/mol. The molecule has 0 saturated heterocycles. The maximum Gasteiger partial charge on any atom is 0.243 e. The van der Waals surface area contributed by atoms with Crippen LogP contribution in [0.1, 0.15) is 25.6 Å². The van der Waals surface area contributed by atoms with Gasteiger partial charge in [-0.25, -0.2) is 4.68 Å². The average molecular weight is 182 g/mol. The summed E-state index contributed by atoms with van der Waals surface area (Å²) in [5.74, 6) is 0.853. The molecule has 1 rings (SSSR count). The molecule has 0 aromatic carbocycles. The van der Waals surface area contributed by atoms with Crippen molar-refractivity contribution < 1.29 is 9.53 Å². The Bertz CT molecular complexity index is 292. The first-order valence-electron chi connectivity index (χ1n) is 4.29. The van der Waals surface area contributed by atoms with E-state index in [1.165, 1.54) is 11.6 Å². The highest BCUT2D eigenvalue weighted by atomic mass is 16.5. The number of ether oxygens (including phenoxy) is 1. The van der Waals surface area contributed by atoms with Crippen molar-refractivity contribution in [3.8, 4) is 5.88 Å². The van der Waals surface area contributed by atoms with Crippen LogP contribution in [-0.2, 0) is 0 Å². The minimum absolute atomic E-state index is 0.112. The largest absolute Gasteiger partial charge is 0.476 e. The molecule has 0 N–H and O–H groups in total. The number of aromatic nitrogens is 2. The molecule has 72 valence electrons. The molecule has 4 heteroatoms. The van der Waals surface area contributed by atoms with Gasteiger partial charge in [-0.15, -0.1) is 5.10 Å². The lowest BCUT2D eigenvalue weighted by Gasteiger charge is -2.04. The zero-order valence-corrected chi connectivity index (χ0v) is 8.15. The molecule has 13 heavy (non-hydrogen) atoms. The van der Waals surface area contributed by atoms with Crippen LogP contribution in [-0.4, -0.2) is 22.3 Å². The number of carbonyl (C=O) groups excluding carboxylic acids is 1. The standard InChI is InChI=1S/C9H14N2O2/c1-7(2)6-13-9-4-5-11(10-9)8(3)12/h4-5,7H,6H2,1-3H3. The summed E-state index contributed by atoms with van der Waals surface area (Å²) in [4.78, 5) is 10.8. The summed E-state index contributed by atoms with van der Waals surface area (Å²) in [6.45, 7) is 6.19. The van der Waals surface area contributed by atoms with Crippen molar-refractivity contribution in [1.29, 1.82) is 0 Å². The van der Waals surface area contributed by atoms with Crippen molar-refractivity contribution in [2.24, 2.45) is 5.92 Å². The molecule has 1 aromatic heterocycles. The van der Waals surface area contributed by atoms with Crippen LogP contribution in [0.25, 0.3) is 0 Å². The SMILES string of the molecule is CC(=O)n1ccc(OCC(C)C)n1. The molecule has 1 heterocycles. The molecule has 0 aliphatic rings. The van der Waals surface area contributed by atoms with Gasteiger partial charge in [-0.05, 0) is 5.92 Å². The van der Waals surface area contributed by atoms with Gasteiger partial charge in [0, 0.05) is 19.2 Å². The Kier molecular flexibility index (Phi) is 3.06. The second-order valence-electron chi connectivity index (χ2n) is 3.32. The highest BCUT2D eigenvalue weighted by Gasteiger charge is 2.03. The third-order valence-corrected chi connectivity index (χ3v) is 1.45. The Morgan fingerprint density at radius 1 is 1.69 bits per heavy atom. The average Bonchev–Trinajstić information content (AvgIpc) is 2.48. The van der Waals surface area contributed by atoms with Crippen LogP contribution in [0.5, 0.6) is 5.88 Å². The minimum atomic E-state index is -0.112. The van der Waals surface area contributed by atoms with Crippen molar-refractivity contribution in [3.05, 3.63) is 12.3 Å². The molecule has 0 atom stereocenters. The van der Waals surface area contributed by atoms with Crippen LogP contribution in [0.2, 0.25) is 0 Å². The lowest BCUT2D eigenvalue weighted by molar-refractivity contribution is 0.0918. The molecule has 0 spiro atoms. The first-order chi connectivity index (χ1) is 6.09. The Hall–Kier alpha value is -1.32. The van der Waals surface area contributed by atoms with Crippen LogP contribution < -0.4 is 4.74 Å². The summed E-state index contributed by atoms with van der Waals surface area (Å²) in [5.41, 5.74) is 0. The number of carbonyl (C=O) groups is 1. The first-order valence-corrected chi connectivity index (χ1v) is 4.29. The van der Waals surface area contributed by atoms with Crippen LogP contribution in [0.15, 0.2) is 12.3 Å². The quantitative estimate of drug-likeness (QED) is 0.712. The van der Waals surface area contributed by atoms with Gasteiger partial charge in [0.25, 0.3) is 0 Å². The van der Waals surface area contributed by atoms with Crippen molar-refractivity contribution in [2.45, 2.75) is 20.8 Å². The van der Waals surface area contributed by atoms with E-state index in [0.29, 0.717) is 18.4 Å². The lowest BCUT2D eigenvalue weighted by Crippen LogP contribution is -2.08. The third-order valence-electron chi connectivity index (χ3n) is 1.45. The Morgan fingerprint density at radius 2 is 2.38 bits per heavy atom. The maximum absolute atomic E-state index is 10.8. The van der Waals surface area contributed by atoms with Gasteiger partial charge in [0.2, 0.25) is 11.8 Å². The fourth-order valence-electron chi connectivity index (χ4n) is 0.812. The Labute approximate surface area is 77.5 Å². The minimum Gasteiger partial charge on any atom is -0.476 e. The van der Waals surface area contributed by atoms with Gasteiger partial charge in [-0.2, -0.15) is 0 Å². The summed E-state index contributed by atoms with van der Waals surface area (Å²) < 4.78 is 6.57. The van der Waals surface area contributed by atoms with Gasteiger partial charge in [0.15, 0.2) is 0 Å². The van der Waals surface area contributed by atoms with E-state index < -0.39 is 0 Å². The van der Waals surface area contributed by atoms with Crippen LogP contribution >= 0.6 is 0 Å². The fourth-order valence-corrected chi connectivity index (χ4v) is 0.812. The van der Waals surface area contributed by atoms with Gasteiger partial charge in [0.1, 0.15) is 0 Å². The third kappa shape index (κ3) is 2.89. The van der Waals surface area contributed by atoms with E-state index >= 15 is 0 Å². The molecule has 0 saturated carbocycles. The fraction of sp³-hybridized carbons (Fsp3) is 0.556. The molecule has 0 aliphatic carbocycles. The second kappa shape index (κ2) is 4.07. The molecule has 0 fully saturated rings. The molecule has 0 aliphatic heterocycles. The smallest absolute Gasteiger partial charge is 0.243 e. The molecular weight excluding hydrogens is 168 g/mol. The zero-order chi connectivity index (χ0) is 9.84. The highest BCUT2D eigenvalue weighted by Crippen LogP contribution is 2.06. The lowest BCUT2D eigenvalue weighted by atomic mass is 10.2. The van der Waals surface area contributed by atoms with E-state index in [0.717, 1.165) is 0 Å². The summed E-state index contributed by atoms with van der Waals surface area (Å²) in [6.07, 6.45) is 1.60. The number of hydrogen-bond acceptors (Lipinski definition) is 3. The van der Waals surface area contributed by atoms with Crippen molar-refractivity contribution in [1.82, 2.24) is 9.78 Å². The van der Waals surface area contributed by atoms with Crippen molar-refractivity contribution in [2.75, 3.05) is 6.61 Å². The molecule has 0 radical (unpaired) electrons. The van der Waals surface area contributed by atoms with E-state index in [9.17, 15) is 4.79 Å². The molecule has 4 nitrogen and oxygen atoms in total. The summed E-state index contributed by atoms with van der Waals surface area (Å²) in [5, 5.41) is 3.93. The van der Waals surface area contributed by atoms with Gasteiger partial charge < -0.3 is 4.74 Å². The normalized spacial score (nSPS) is 10.5. The van der Waals surface area contributed by atoms with Crippen LogP contribution in [0, 0.1) is 5.92 Å². The van der Waals surface area contributed by atoms with Gasteiger partial charge in [-0.1, -0.05) is 13.8 Å². The number of rotatable bonds is 3. The molecule has 0 amide bonds. The number of hydrogen-bond donors (Lipinski definition) is 0. The summed E-state index contributed by atoms with van der Waals surface area (Å²) >= 11 is 0. The van der Waals surface area contributed by atoms with Gasteiger partial charge in [-0.3, -0.25) is 4.79 Å². The summed E-state index contributed by atoms with van der Waals surface area (Å²) in [7, 11) is 0. The van der Waals surface area contributed by atoms with E-state index in [2.05, 4.69) is 18.9 Å². The van der Waals surface area contributed by atoms with Gasteiger partial charge >= 0.3 is 0 Å². The van der Waals surface area contributed by atoms with Crippen LogP contribution in [0.4, 0.5) is 0 Å². The van der Waals surface area contributed by atoms with Crippen molar-refractivity contribution >= 4 is 5.91 Å². The molecule has 0 unspecified atom stereocenters. The first kappa shape index (κ1) is 9.77. The predicted octanol–water partition coefficient (Wildman–Crippen LogP) is 1.58. The van der Waals surface area contributed by atoms with E-state index in [1.54, 1.807) is 12.3 Å². The Morgan fingerprint density at radius 3 is 2.85 bits per heavy atom. The second-order valence-corrected chi connectivity index (χ2v) is 3.32. The summed E-state index contributed by atoms with van der Waals surface area (Å²) in [6, 6.07) is 1.68.